The molecule has 1 saturated heterocycles. The van der Waals surface area contributed by atoms with E-state index in [1.807, 2.05) is 4.57 Å². The molecule has 2 rings (SSSR count). The molecule has 1 fully saturated rings. The molecule has 0 bridgehead atoms. The van der Waals surface area contributed by atoms with E-state index in [1.54, 1.807) is 6.33 Å². The summed E-state index contributed by atoms with van der Waals surface area (Å²) in [7, 11) is 1.46. The van der Waals surface area contributed by atoms with E-state index in [0.29, 0.717) is 12.6 Å². The van der Waals surface area contributed by atoms with Gasteiger partial charge in [0.05, 0.1) is 19.6 Å². The highest BCUT2D eigenvalue weighted by Crippen LogP contribution is 2.18. The van der Waals surface area contributed by atoms with Crippen LogP contribution in [0.15, 0.2) is 11.3 Å². The van der Waals surface area contributed by atoms with Gasteiger partial charge < -0.3 is 19.5 Å². The van der Waals surface area contributed by atoms with Crippen LogP contribution in [0.3, 0.4) is 0 Å². The fourth-order valence-electron chi connectivity index (χ4n) is 3.06. The number of nitrogens with one attached hydrogen (secondary N) is 1. The standard InChI is InChI=1S/C18H32N6O2.HI/c1-5-14(3)21-18(19-9-12-24-13-20-22-16(24)6-2)23-10-7-15(8-11-23)17(25)26-4;/h13-15H,5-12H2,1-4H3,(H,19,21);1H. The Hall–Kier alpha value is -1.39. The molecule has 0 aromatic carbocycles. The average Bonchev–Trinajstić information content (AvgIpc) is 3.14. The van der Waals surface area contributed by atoms with Crippen molar-refractivity contribution in [1.82, 2.24) is 25.0 Å². The minimum absolute atomic E-state index is 0. The Morgan fingerprint density at radius 2 is 2.11 bits per heavy atom. The molecule has 8 nitrogen and oxygen atoms in total. The predicted molar refractivity (Wildman–Crippen MR) is 116 cm³/mol. The van der Waals surface area contributed by atoms with Crippen LogP contribution in [0.25, 0.3) is 0 Å². The predicted octanol–water partition coefficient (Wildman–Crippen LogP) is 2.09. The highest BCUT2D eigenvalue weighted by Gasteiger charge is 2.27. The van der Waals surface area contributed by atoms with Crippen molar-refractivity contribution >= 4 is 35.9 Å². The second-order valence-corrected chi connectivity index (χ2v) is 6.74. The number of nitrogens with zero attached hydrogens (tertiary/aromatic N) is 5. The summed E-state index contributed by atoms with van der Waals surface area (Å²) in [5.41, 5.74) is 0. The van der Waals surface area contributed by atoms with Gasteiger partial charge in [0.15, 0.2) is 5.96 Å². The molecule has 0 spiro atoms. The maximum Gasteiger partial charge on any atom is 0.308 e. The largest absolute Gasteiger partial charge is 0.469 e. The third kappa shape index (κ3) is 6.93. The molecule has 2 heterocycles. The van der Waals surface area contributed by atoms with E-state index in [0.717, 1.165) is 57.1 Å². The molecule has 1 aromatic heterocycles. The Balaban J connectivity index is 0.00000364. The number of hydrogen-bond acceptors (Lipinski definition) is 5. The van der Waals surface area contributed by atoms with Crippen molar-refractivity contribution in [1.29, 1.82) is 0 Å². The first kappa shape index (κ1) is 23.6. The highest BCUT2D eigenvalue weighted by atomic mass is 127. The van der Waals surface area contributed by atoms with Gasteiger partial charge in [-0.3, -0.25) is 9.79 Å². The van der Waals surface area contributed by atoms with Gasteiger partial charge in [-0.15, -0.1) is 34.2 Å². The number of carbonyl (C=O) groups is 1. The molecule has 0 amide bonds. The molecule has 27 heavy (non-hydrogen) atoms. The molecule has 9 heteroatoms. The summed E-state index contributed by atoms with van der Waals surface area (Å²) >= 11 is 0. The maximum atomic E-state index is 11.7. The quantitative estimate of drug-likeness (QED) is 0.272. The molecule has 154 valence electrons. The van der Waals surface area contributed by atoms with Gasteiger partial charge in [0.1, 0.15) is 12.2 Å². The monoisotopic (exact) mass is 492 g/mol. The van der Waals surface area contributed by atoms with E-state index >= 15 is 0 Å². The Bertz CT molecular complexity index is 598. The van der Waals surface area contributed by atoms with Crippen LogP contribution in [0.1, 0.15) is 45.9 Å². The van der Waals surface area contributed by atoms with E-state index in [4.69, 9.17) is 9.73 Å². The van der Waals surface area contributed by atoms with Crippen molar-refractivity contribution in [2.75, 3.05) is 26.7 Å². The minimum Gasteiger partial charge on any atom is -0.469 e. The third-order valence-corrected chi connectivity index (χ3v) is 4.93. The Kier molecular flexibility index (Phi) is 10.6. The van der Waals surface area contributed by atoms with E-state index < -0.39 is 0 Å². The third-order valence-electron chi connectivity index (χ3n) is 4.93. The van der Waals surface area contributed by atoms with Gasteiger partial charge in [0.2, 0.25) is 0 Å². The first-order valence-corrected chi connectivity index (χ1v) is 9.59. The minimum atomic E-state index is -0.0993. The Morgan fingerprint density at radius 1 is 1.41 bits per heavy atom. The summed E-state index contributed by atoms with van der Waals surface area (Å²) in [5.74, 6) is 1.81. The number of likely N-dealkylation sites (tertiary alicyclic amines) is 1. The molecule has 0 radical (unpaired) electrons. The van der Waals surface area contributed by atoms with Gasteiger partial charge in [-0.05, 0) is 26.2 Å². The normalized spacial score (nSPS) is 16.6. The van der Waals surface area contributed by atoms with Crippen LogP contribution in [0.4, 0.5) is 0 Å². The first-order valence-electron chi connectivity index (χ1n) is 9.59. The summed E-state index contributed by atoms with van der Waals surface area (Å²) in [6.07, 6.45) is 5.27. The number of aromatic nitrogens is 3. The number of halogens is 1. The van der Waals surface area contributed by atoms with Crippen molar-refractivity contribution in [3.63, 3.8) is 0 Å². The lowest BCUT2D eigenvalue weighted by Gasteiger charge is -2.34. The van der Waals surface area contributed by atoms with Gasteiger partial charge in [-0.1, -0.05) is 13.8 Å². The van der Waals surface area contributed by atoms with Crippen molar-refractivity contribution in [2.45, 2.75) is 59.0 Å². The number of hydrogen-bond donors (Lipinski definition) is 1. The van der Waals surface area contributed by atoms with Crippen molar-refractivity contribution in [3.05, 3.63) is 12.2 Å². The van der Waals surface area contributed by atoms with Gasteiger partial charge in [0, 0.05) is 32.1 Å². The molecule has 1 aliphatic rings. The molecule has 0 aliphatic carbocycles. The van der Waals surface area contributed by atoms with E-state index in [2.05, 4.69) is 41.2 Å². The number of aliphatic imine (C=N–C) groups is 1. The number of esters is 1. The second-order valence-electron chi connectivity index (χ2n) is 6.74. The number of aryl methyl sites for hydroxylation is 1. The zero-order valence-corrected chi connectivity index (χ0v) is 19.2. The first-order chi connectivity index (χ1) is 12.6. The Morgan fingerprint density at radius 3 is 2.70 bits per heavy atom. The smallest absolute Gasteiger partial charge is 0.308 e. The van der Waals surface area contributed by atoms with Crippen molar-refractivity contribution in [3.8, 4) is 0 Å². The van der Waals surface area contributed by atoms with Crippen LogP contribution in [-0.2, 0) is 22.5 Å². The number of methoxy groups -OCH3 is 1. The lowest BCUT2D eigenvalue weighted by atomic mass is 9.97. The molecule has 1 aromatic rings. The van der Waals surface area contributed by atoms with Gasteiger partial charge in [0.25, 0.3) is 0 Å². The fraction of sp³-hybridized carbons (Fsp3) is 0.778. The summed E-state index contributed by atoms with van der Waals surface area (Å²) in [4.78, 5) is 18.8. The summed E-state index contributed by atoms with van der Waals surface area (Å²) in [6.45, 7) is 9.45. The number of guanidine groups is 1. The number of ether oxygens (including phenoxy) is 1. The van der Waals surface area contributed by atoms with Gasteiger partial charge in [-0.25, -0.2) is 0 Å². The summed E-state index contributed by atoms with van der Waals surface area (Å²) in [5, 5.41) is 11.6. The molecular formula is C18H33IN6O2. The number of piperidine rings is 1. The van der Waals surface area contributed by atoms with E-state index in [1.165, 1.54) is 7.11 Å². The fourth-order valence-corrected chi connectivity index (χ4v) is 3.06. The van der Waals surface area contributed by atoms with Crippen molar-refractivity contribution < 1.29 is 9.53 Å². The topological polar surface area (TPSA) is 84.6 Å². The number of carbonyl (C=O) groups excluding carboxylic acids is 1. The van der Waals surface area contributed by atoms with Crippen LogP contribution in [-0.4, -0.2) is 64.4 Å². The summed E-state index contributed by atoms with van der Waals surface area (Å²) in [6, 6.07) is 0.355. The van der Waals surface area contributed by atoms with Gasteiger partial charge >= 0.3 is 5.97 Å². The highest BCUT2D eigenvalue weighted by molar-refractivity contribution is 14.0. The number of rotatable bonds is 7. The van der Waals surface area contributed by atoms with E-state index in [9.17, 15) is 4.79 Å². The Labute approximate surface area is 179 Å². The zero-order valence-electron chi connectivity index (χ0n) is 16.8. The lowest BCUT2D eigenvalue weighted by molar-refractivity contribution is -0.146. The molecule has 1 unspecified atom stereocenters. The van der Waals surface area contributed by atoms with Crippen LogP contribution in [0.5, 0.6) is 0 Å². The average molecular weight is 492 g/mol. The molecular weight excluding hydrogens is 459 g/mol. The SMILES string of the molecule is CCc1nncn1CCN=C(NC(C)CC)N1CCC(C(=O)OC)CC1.I. The molecule has 0 saturated carbocycles. The van der Waals surface area contributed by atoms with Crippen LogP contribution in [0, 0.1) is 5.92 Å². The molecule has 1 N–H and O–H groups in total. The van der Waals surface area contributed by atoms with Gasteiger partial charge in [-0.2, -0.15) is 0 Å². The molecule has 1 aliphatic heterocycles. The molecule has 1 atom stereocenters. The zero-order chi connectivity index (χ0) is 18.9. The van der Waals surface area contributed by atoms with Crippen LogP contribution in [0.2, 0.25) is 0 Å². The van der Waals surface area contributed by atoms with E-state index in [-0.39, 0.29) is 35.9 Å². The van der Waals surface area contributed by atoms with Crippen LogP contribution < -0.4 is 5.32 Å². The second kappa shape index (κ2) is 12.1. The van der Waals surface area contributed by atoms with Crippen LogP contribution >= 0.6 is 24.0 Å². The maximum absolute atomic E-state index is 11.7. The lowest BCUT2D eigenvalue weighted by Crippen LogP contribution is -2.49. The summed E-state index contributed by atoms with van der Waals surface area (Å²) < 4.78 is 6.93. The van der Waals surface area contributed by atoms with Crippen molar-refractivity contribution in [2.24, 2.45) is 10.9 Å².